The molecule has 10 aromatic carbocycles. The molecule has 3 heterocycles. The van der Waals surface area contributed by atoms with E-state index >= 15 is 0 Å². The third-order valence-corrected chi connectivity index (χ3v) is 22.9. The first-order chi connectivity index (χ1) is 57.3. The zero-order valence-corrected chi connectivity index (χ0v) is 67.9. The van der Waals surface area contributed by atoms with Gasteiger partial charge in [-0.2, -0.15) is 0 Å². The van der Waals surface area contributed by atoms with E-state index in [0.717, 1.165) is 129 Å². The van der Waals surface area contributed by atoms with Crippen molar-refractivity contribution in [2.45, 2.75) is 99.9 Å². The molecule has 0 aromatic heterocycles. The second-order valence-corrected chi connectivity index (χ2v) is 31.8. The van der Waals surface area contributed by atoms with Crippen LogP contribution in [0.5, 0.6) is 0 Å². The number of ether oxygens (including phenoxy) is 1. The monoisotopic (exact) mass is 1640 g/mol. The maximum absolute atomic E-state index is 13.0. The van der Waals surface area contributed by atoms with Crippen LogP contribution in [0.15, 0.2) is 244 Å². The van der Waals surface area contributed by atoms with Crippen LogP contribution in [0.2, 0.25) is 15.1 Å². The number of amides is 4. The van der Waals surface area contributed by atoms with Crippen LogP contribution in [0.1, 0.15) is 136 Å². The molecular formula is C94H95Cl3N12O9. The molecule has 0 radical (unpaired) electrons. The van der Waals surface area contributed by atoms with Gasteiger partial charge in [0.2, 0.25) is 0 Å². The number of aliphatic imine (C=N–C) groups is 4. The average Bonchev–Trinajstić information content (AvgIpc) is 1.66. The summed E-state index contributed by atoms with van der Waals surface area (Å²) in [5.74, 6) is -0.932. The molecule has 4 amide bonds. The molecule has 118 heavy (non-hydrogen) atoms. The van der Waals surface area contributed by atoms with Gasteiger partial charge in [-0.1, -0.05) is 144 Å². The Morgan fingerprint density at radius 1 is 0.364 bits per heavy atom. The van der Waals surface area contributed by atoms with Crippen molar-refractivity contribution in [1.29, 1.82) is 0 Å². The van der Waals surface area contributed by atoms with Crippen LogP contribution < -0.4 is 21.3 Å². The lowest BCUT2D eigenvalue weighted by Gasteiger charge is -2.24. The lowest BCUT2D eigenvalue weighted by Crippen LogP contribution is -2.35. The zero-order valence-electron chi connectivity index (χ0n) is 65.6. The molecule has 24 heteroatoms. The van der Waals surface area contributed by atoms with Crippen LogP contribution in [0.25, 0.3) is 22.3 Å². The second kappa shape index (κ2) is 39.3. The van der Waals surface area contributed by atoms with Gasteiger partial charge >= 0.3 is 0 Å². The number of fused-ring (bicyclic) bond motifs is 4. The summed E-state index contributed by atoms with van der Waals surface area (Å²) in [5.41, 5.74) is 17.5. The van der Waals surface area contributed by atoms with Gasteiger partial charge in [-0.05, 0) is 208 Å². The predicted molar refractivity (Wildman–Crippen MR) is 467 cm³/mol. The molecule has 0 saturated carbocycles. The van der Waals surface area contributed by atoms with Crippen molar-refractivity contribution in [1.82, 2.24) is 40.9 Å². The molecule has 3 fully saturated rings. The Bertz CT molecular complexity index is 5290. The number of carbonyl (C=O) groups excluding carboxylic acids is 4. The third-order valence-electron chi connectivity index (χ3n) is 21.9. The molecule has 4 aliphatic carbocycles. The number of hydrogen-bond acceptors (Lipinski definition) is 13. The quantitative estimate of drug-likeness (QED) is 0.0294. The molecule has 0 spiro atoms. The van der Waals surface area contributed by atoms with Gasteiger partial charge in [0.25, 0.3) is 23.6 Å². The van der Waals surface area contributed by atoms with Gasteiger partial charge in [-0.15, -0.1) is 0 Å². The van der Waals surface area contributed by atoms with Crippen LogP contribution in [-0.4, -0.2) is 180 Å². The lowest BCUT2D eigenvalue weighted by atomic mass is 10.0. The molecule has 5 unspecified atom stereocenters. The number of aliphatic hydroxyl groups is 4. The molecule has 8 atom stereocenters. The maximum Gasteiger partial charge on any atom is 0.251 e. The van der Waals surface area contributed by atoms with Crippen molar-refractivity contribution in [3.63, 3.8) is 0 Å². The van der Waals surface area contributed by atoms with E-state index in [9.17, 15) is 39.6 Å². The van der Waals surface area contributed by atoms with Crippen LogP contribution in [0, 0.1) is 0 Å². The molecule has 606 valence electrons. The minimum Gasteiger partial charge on any atom is -0.390 e. The average molecular weight is 1640 g/mol. The first-order valence-electron chi connectivity index (χ1n) is 39.9. The predicted octanol–water partition coefficient (Wildman–Crippen LogP) is 15.3. The van der Waals surface area contributed by atoms with E-state index in [1.165, 1.54) is 31.7 Å². The summed E-state index contributed by atoms with van der Waals surface area (Å²) in [7, 11) is 3.80. The van der Waals surface area contributed by atoms with Crippen molar-refractivity contribution in [2.24, 2.45) is 20.0 Å². The third kappa shape index (κ3) is 21.3. The molecule has 0 bridgehead atoms. The highest BCUT2D eigenvalue weighted by Crippen LogP contribution is 2.40. The molecule has 10 aromatic rings. The van der Waals surface area contributed by atoms with Crippen molar-refractivity contribution >= 4 is 107 Å². The fraction of sp³-hybridized carbons (Fsp3) is 0.277. The Morgan fingerprint density at radius 3 is 1.01 bits per heavy atom. The standard InChI is InChI=1S/C27H27N3O3.C27H27N3O2.C21H21Cl2N3O2.C19H20ClN3O2/c31-25-16-22-10-11-23(28-18-30-12-14-33-15-13-30)17-24(22)26(25)29-27(32)21-8-6-20(7-9-21)19-4-2-1-3-5-19;31-25-16-22-12-13-23(28-18-30-14-4-5-15-30)17-24(22)26(25)29-27(32)21-10-8-20(9-11-21)19-6-2-1-3-7-19;22-17-6-4-14(9-18(17)23)21(28)25-20-16-11-15(5-3-13(16)10-19(20)27)24-12-26-7-1-2-8-26;1-23(2)11-21-15-8-5-13-9-17(24)18(16(13)10-15)22-19(25)12-3-6-14(20)7-4-12/h1-11,17-18,25-26,31H,12-16H2,(H,29,32);1-3,6-13,17-18,25-26,31H,4-5,14-16H2,(H,29,32);3-6,9,11-12,19-20,27H,1-2,7-8,10H2,(H,25,28);3-8,10-11,17-18,24H,9H2,1-2H3,(H,22,25)/t2*25-,26?;19-,20?;/m111./s1. The van der Waals surface area contributed by atoms with Crippen LogP contribution in [0.4, 0.5) is 22.7 Å². The van der Waals surface area contributed by atoms with Gasteiger partial charge in [-0.25, -0.2) is 20.0 Å². The molecular weight excluding hydrogens is 1550 g/mol. The first kappa shape index (κ1) is 83.1. The smallest absolute Gasteiger partial charge is 0.251 e. The Morgan fingerprint density at radius 2 is 0.669 bits per heavy atom. The van der Waals surface area contributed by atoms with E-state index in [1.807, 2.05) is 220 Å². The Labute approximate surface area is 702 Å². The normalized spacial score (nSPS) is 20.1. The highest BCUT2D eigenvalue weighted by atomic mass is 35.5. The second-order valence-electron chi connectivity index (χ2n) is 30.5. The van der Waals surface area contributed by atoms with Crippen molar-refractivity contribution < 1.29 is 44.3 Å². The number of benzene rings is 10. The van der Waals surface area contributed by atoms with Gasteiger partial charge in [0.15, 0.2) is 0 Å². The number of aliphatic hydroxyl groups excluding tert-OH is 4. The number of nitrogens with one attached hydrogen (secondary N) is 4. The van der Waals surface area contributed by atoms with E-state index in [4.69, 9.17) is 39.5 Å². The highest BCUT2D eigenvalue weighted by Gasteiger charge is 2.37. The summed E-state index contributed by atoms with van der Waals surface area (Å²) >= 11 is 17.8. The molecule has 7 aliphatic rings. The number of nitrogens with zero attached hydrogens (tertiary/aromatic N) is 8. The lowest BCUT2D eigenvalue weighted by molar-refractivity contribution is 0.0701. The van der Waals surface area contributed by atoms with Gasteiger partial charge < -0.3 is 66.0 Å². The van der Waals surface area contributed by atoms with Crippen LogP contribution in [0.3, 0.4) is 0 Å². The van der Waals surface area contributed by atoms with E-state index in [0.29, 0.717) is 76.2 Å². The molecule has 8 N–H and O–H groups in total. The van der Waals surface area contributed by atoms with Gasteiger partial charge in [0.05, 0.1) is 120 Å². The van der Waals surface area contributed by atoms with E-state index < -0.39 is 48.6 Å². The largest absolute Gasteiger partial charge is 0.390 e. The van der Waals surface area contributed by atoms with Crippen LogP contribution in [-0.2, 0) is 30.4 Å². The topological polar surface area (TPSA) is 269 Å². The zero-order chi connectivity index (χ0) is 82.2. The Hall–Kier alpha value is -11.4. The number of carbonyl (C=O) groups is 4. The van der Waals surface area contributed by atoms with Crippen LogP contribution >= 0.6 is 34.8 Å². The van der Waals surface area contributed by atoms with E-state index in [2.05, 4.69) is 55.9 Å². The van der Waals surface area contributed by atoms with Crippen molar-refractivity contribution in [2.75, 3.05) is 66.6 Å². The fourth-order valence-corrected chi connectivity index (χ4v) is 15.9. The maximum atomic E-state index is 13.0. The van der Waals surface area contributed by atoms with Gasteiger partial charge in [0, 0.05) is 106 Å². The number of morpholine rings is 1. The van der Waals surface area contributed by atoms with Gasteiger partial charge in [0.1, 0.15) is 0 Å². The van der Waals surface area contributed by atoms with Crippen molar-refractivity contribution in [3.8, 4) is 22.3 Å². The molecule has 3 saturated heterocycles. The minimum absolute atomic E-state index is 0.188. The number of rotatable bonds is 18. The van der Waals surface area contributed by atoms with E-state index in [-0.39, 0.29) is 23.6 Å². The minimum atomic E-state index is -0.681. The summed E-state index contributed by atoms with van der Waals surface area (Å²) in [6.45, 7) is 7.25. The summed E-state index contributed by atoms with van der Waals surface area (Å²) in [5, 5.41) is 55.3. The number of likely N-dealkylation sites (tertiary alicyclic amines) is 2. The summed E-state index contributed by atoms with van der Waals surface area (Å²) in [6, 6.07) is 68.3. The number of hydrogen-bond donors (Lipinski definition) is 8. The van der Waals surface area contributed by atoms with Gasteiger partial charge in [-0.3, -0.25) is 19.2 Å². The molecule has 17 rings (SSSR count). The molecule has 21 nitrogen and oxygen atoms in total. The summed E-state index contributed by atoms with van der Waals surface area (Å²) < 4.78 is 5.37. The highest BCUT2D eigenvalue weighted by molar-refractivity contribution is 6.42. The molecule has 3 aliphatic heterocycles. The summed E-state index contributed by atoms with van der Waals surface area (Å²) in [6.07, 6.45) is 11.6. The summed E-state index contributed by atoms with van der Waals surface area (Å²) in [4.78, 5) is 77.5. The Balaban J connectivity index is 0.000000130. The first-order valence-corrected chi connectivity index (χ1v) is 41.0. The van der Waals surface area contributed by atoms with Crippen molar-refractivity contribution in [3.05, 3.63) is 306 Å². The Kier molecular flexibility index (Phi) is 27.7. The van der Waals surface area contributed by atoms with E-state index in [1.54, 1.807) is 42.7 Å². The SMILES string of the molecule is CN(C)C=Nc1ccc2c(c1)C(NC(=O)c1ccc(Cl)cc1)C(O)C2.O=C(NC1c2cc(N=CN3CCCC3)ccc2C[C@H]1O)c1ccc(-c2ccccc2)cc1.O=C(NC1c2cc(N=CN3CCCC3)ccc2C[C@H]1O)c1ccc(Cl)c(Cl)c1.O=C(NC1c2cc(N=CN3CCOCC3)ccc2C[C@H]1O)c1ccc(-c2ccccc2)cc1. The fourth-order valence-electron chi connectivity index (χ4n) is 15.5. The number of halogens is 3.